The summed E-state index contributed by atoms with van der Waals surface area (Å²) in [7, 11) is 0. The molecule has 0 radical (unpaired) electrons. The zero-order valence-corrected chi connectivity index (χ0v) is 13.5. The second-order valence-corrected chi connectivity index (χ2v) is 5.49. The average molecular weight is 309 g/mol. The van der Waals surface area contributed by atoms with E-state index in [4.69, 9.17) is 14.9 Å². The molecule has 0 bridgehead atoms. The number of nitrogens with zero attached hydrogens (tertiary/aromatic N) is 1. The Morgan fingerprint density at radius 1 is 1.14 bits per heavy atom. The Morgan fingerprint density at radius 3 is 2.23 bits per heavy atom. The topological polar surface area (TPSA) is 70.0 Å². The summed E-state index contributed by atoms with van der Waals surface area (Å²) in [6.07, 6.45) is 1.96. The summed E-state index contributed by atoms with van der Waals surface area (Å²) >= 11 is 0. The highest BCUT2D eigenvalue weighted by Gasteiger charge is 2.07. The highest BCUT2D eigenvalue weighted by atomic mass is 16.5. The molecule has 5 nitrogen and oxygen atoms in total. The van der Waals surface area contributed by atoms with Crippen molar-refractivity contribution in [2.45, 2.75) is 39.2 Å². The van der Waals surface area contributed by atoms with E-state index in [1.165, 1.54) is 0 Å². The lowest BCUT2D eigenvalue weighted by atomic mass is 10.1. The Kier molecular flexibility index (Phi) is 8.55. The molecule has 0 fully saturated rings. The fourth-order valence-electron chi connectivity index (χ4n) is 2.24. The van der Waals surface area contributed by atoms with Crippen LogP contribution in [-0.2, 0) is 16.0 Å². The molecule has 124 valence electrons. The predicted molar refractivity (Wildman–Crippen MR) is 87.0 cm³/mol. The van der Waals surface area contributed by atoms with Crippen LogP contribution >= 0.6 is 0 Å². The number of aryl methyl sites for hydroxylation is 1. The van der Waals surface area contributed by atoms with Crippen LogP contribution in [0.3, 0.4) is 0 Å². The molecule has 0 unspecified atom stereocenters. The van der Waals surface area contributed by atoms with Crippen molar-refractivity contribution in [3.63, 3.8) is 0 Å². The number of carbonyl (C=O) groups excluding carboxylic acids is 1. The molecule has 0 amide bonds. The first-order chi connectivity index (χ1) is 10.6. The Morgan fingerprint density at radius 2 is 1.73 bits per heavy atom. The number of benzene rings is 1. The zero-order chi connectivity index (χ0) is 16.4. The van der Waals surface area contributed by atoms with Gasteiger partial charge in [-0.25, -0.2) is 0 Å². The second kappa shape index (κ2) is 10.2. The first kappa shape index (κ1) is 18.5. The van der Waals surface area contributed by atoms with Crippen LogP contribution in [0.5, 0.6) is 0 Å². The first-order valence-corrected chi connectivity index (χ1v) is 7.82. The minimum atomic E-state index is -0.149. The van der Waals surface area contributed by atoms with Crippen LogP contribution in [0, 0.1) is 0 Å². The fraction of sp³-hybridized carbons (Fsp3) is 0.588. The maximum absolute atomic E-state index is 11.5. The van der Waals surface area contributed by atoms with Crippen molar-refractivity contribution in [3.8, 4) is 0 Å². The molecule has 0 aromatic heterocycles. The maximum Gasteiger partial charge on any atom is 0.306 e. The van der Waals surface area contributed by atoms with Crippen molar-refractivity contribution in [2.75, 3.05) is 31.2 Å². The number of anilines is 1. The van der Waals surface area contributed by atoms with Crippen LogP contribution < -0.4 is 4.90 Å². The van der Waals surface area contributed by atoms with E-state index < -0.39 is 0 Å². The molecule has 0 aliphatic carbocycles. The van der Waals surface area contributed by atoms with Crippen molar-refractivity contribution in [1.29, 1.82) is 0 Å². The van der Waals surface area contributed by atoms with Crippen molar-refractivity contribution >= 4 is 11.7 Å². The van der Waals surface area contributed by atoms with Crippen LogP contribution in [0.4, 0.5) is 5.69 Å². The highest BCUT2D eigenvalue weighted by molar-refractivity contribution is 5.69. The van der Waals surface area contributed by atoms with Crippen LogP contribution in [-0.4, -0.2) is 48.6 Å². The van der Waals surface area contributed by atoms with Crippen molar-refractivity contribution < 1.29 is 19.7 Å². The van der Waals surface area contributed by atoms with E-state index in [1.807, 2.05) is 43.0 Å². The number of hydrogen-bond donors (Lipinski definition) is 2. The minimum absolute atomic E-state index is 0.0553. The van der Waals surface area contributed by atoms with Crippen molar-refractivity contribution in [1.82, 2.24) is 0 Å². The van der Waals surface area contributed by atoms with E-state index in [-0.39, 0.29) is 25.3 Å². The normalized spacial score (nSPS) is 10.8. The van der Waals surface area contributed by atoms with E-state index in [1.54, 1.807) is 0 Å². The summed E-state index contributed by atoms with van der Waals surface area (Å²) in [6, 6.07) is 8.00. The molecule has 0 aliphatic rings. The van der Waals surface area contributed by atoms with Gasteiger partial charge in [-0.15, -0.1) is 0 Å². The Hall–Kier alpha value is -1.59. The molecule has 22 heavy (non-hydrogen) atoms. The first-order valence-electron chi connectivity index (χ1n) is 7.82. The van der Waals surface area contributed by atoms with E-state index in [2.05, 4.69) is 0 Å². The van der Waals surface area contributed by atoms with Gasteiger partial charge in [-0.1, -0.05) is 12.1 Å². The molecule has 1 rings (SSSR count). The fourth-order valence-corrected chi connectivity index (χ4v) is 2.24. The summed E-state index contributed by atoms with van der Waals surface area (Å²) < 4.78 is 5.10. The number of esters is 1. The Labute approximate surface area is 132 Å². The number of carbonyl (C=O) groups is 1. The molecule has 1 aromatic carbocycles. The van der Waals surface area contributed by atoms with E-state index in [9.17, 15) is 4.79 Å². The monoisotopic (exact) mass is 309 g/mol. The van der Waals surface area contributed by atoms with Crippen LogP contribution in [0.15, 0.2) is 24.3 Å². The molecule has 0 spiro atoms. The number of aliphatic hydroxyl groups is 2. The van der Waals surface area contributed by atoms with Gasteiger partial charge in [-0.2, -0.15) is 0 Å². The molecule has 5 heteroatoms. The Bertz CT molecular complexity index is 425. The van der Waals surface area contributed by atoms with Gasteiger partial charge in [0.15, 0.2) is 0 Å². The lowest BCUT2D eigenvalue weighted by Gasteiger charge is -2.23. The SMILES string of the molecule is CC(C)OC(=O)CCCc1ccc(N(CCO)CCO)cc1. The maximum atomic E-state index is 11.5. The van der Waals surface area contributed by atoms with Gasteiger partial charge < -0.3 is 19.8 Å². The smallest absolute Gasteiger partial charge is 0.306 e. The predicted octanol–water partition coefficient (Wildman–Crippen LogP) is 1.75. The van der Waals surface area contributed by atoms with Crippen molar-refractivity contribution in [3.05, 3.63) is 29.8 Å². The second-order valence-electron chi connectivity index (χ2n) is 5.49. The molecule has 2 N–H and O–H groups in total. The molecule has 1 aromatic rings. The summed E-state index contributed by atoms with van der Waals surface area (Å²) in [5, 5.41) is 18.1. The van der Waals surface area contributed by atoms with E-state index >= 15 is 0 Å². The van der Waals surface area contributed by atoms with Crippen LogP contribution in [0.25, 0.3) is 0 Å². The standard InChI is InChI=1S/C17H27NO4/c1-14(2)22-17(21)5-3-4-15-6-8-16(9-7-15)18(10-12-19)11-13-20/h6-9,14,19-20H,3-5,10-13H2,1-2H3. The number of rotatable bonds is 10. The number of aliphatic hydroxyl groups excluding tert-OH is 2. The van der Waals surface area contributed by atoms with Gasteiger partial charge in [0.25, 0.3) is 0 Å². The molecular formula is C17H27NO4. The highest BCUT2D eigenvalue weighted by Crippen LogP contribution is 2.16. The lowest BCUT2D eigenvalue weighted by Crippen LogP contribution is -2.29. The third kappa shape index (κ3) is 6.91. The van der Waals surface area contributed by atoms with Crippen molar-refractivity contribution in [2.24, 2.45) is 0 Å². The molecule has 0 saturated heterocycles. The van der Waals surface area contributed by atoms with Gasteiger partial charge >= 0.3 is 5.97 Å². The largest absolute Gasteiger partial charge is 0.463 e. The van der Waals surface area contributed by atoms with Gasteiger partial charge in [-0.3, -0.25) is 4.79 Å². The van der Waals surface area contributed by atoms with Gasteiger partial charge in [0, 0.05) is 25.2 Å². The molecular weight excluding hydrogens is 282 g/mol. The van der Waals surface area contributed by atoms with E-state index in [0.29, 0.717) is 19.5 Å². The van der Waals surface area contributed by atoms with Gasteiger partial charge in [0.05, 0.1) is 19.3 Å². The van der Waals surface area contributed by atoms with Crippen LogP contribution in [0.1, 0.15) is 32.3 Å². The van der Waals surface area contributed by atoms with Crippen LogP contribution in [0.2, 0.25) is 0 Å². The molecule has 0 atom stereocenters. The number of ether oxygens (including phenoxy) is 1. The summed E-state index contributed by atoms with van der Waals surface area (Å²) in [6.45, 7) is 4.81. The average Bonchev–Trinajstić information content (AvgIpc) is 2.47. The third-order valence-electron chi connectivity index (χ3n) is 3.25. The lowest BCUT2D eigenvalue weighted by molar-refractivity contribution is -0.147. The Balaban J connectivity index is 2.45. The summed E-state index contributed by atoms with van der Waals surface area (Å²) in [5.41, 5.74) is 2.14. The molecule has 0 aliphatic heterocycles. The van der Waals surface area contributed by atoms with Gasteiger partial charge in [-0.05, 0) is 44.4 Å². The summed E-state index contributed by atoms with van der Waals surface area (Å²) in [5.74, 6) is -0.149. The molecule has 0 heterocycles. The van der Waals surface area contributed by atoms with Gasteiger partial charge in [0.2, 0.25) is 0 Å². The number of hydrogen-bond acceptors (Lipinski definition) is 5. The molecule has 0 saturated carbocycles. The quantitative estimate of drug-likeness (QED) is 0.644. The van der Waals surface area contributed by atoms with Gasteiger partial charge in [0.1, 0.15) is 0 Å². The zero-order valence-electron chi connectivity index (χ0n) is 13.5. The minimum Gasteiger partial charge on any atom is -0.463 e. The third-order valence-corrected chi connectivity index (χ3v) is 3.25. The summed E-state index contributed by atoms with van der Waals surface area (Å²) in [4.78, 5) is 13.4. The van der Waals surface area contributed by atoms with E-state index in [0.717, 1.165) is 24.1 Å².